The second kappa shape index (κ2) is 7.30. The summed E-state index contributed by atoms with van der Waals surface area (Å²) in [6, 6.07) is 7.38. The first-order valence-electron chi connectivity index (χ1n) is 5.70. The molecular weight excluding hydrogens is 240 g/mol. The standard InChI is InChI=1S/C13H17ClO3/c1-3-12(13(15)16-4-2)17-9-10-6-5-7-11(14)8-10/h5-8,12H,3-4,9H2,1-2H3. The Labute approximate surface area is 107 Å². The van der Waals surface area contributed by atoms with Crippen LogP contribution in [-0.4, -0.2) is 18.7 Å². The van der Waals surface area contributed by atoms with E-state index in [1.54, 1.807) is 13.0 Å². The Balaban J connectivity index is 2.50. The Morgan fingerprint density at radius 1 is 1.41 bits per heavy atom. The molecule has 0 amide bonds. The van der Waals surface area contributed by atoms with Crippen LogP contribution in [0.5, 0.6) is 0 Å². The van der Waals surface area contributed by atoms with Crippen LogP contribution in [-0.2, 0) is 20.9 Å². The largest absolute Gasteiger partial charge is 0.464 e. The van der Waals surface area contributed by atoms with Gasteiger partial charge in [-0.15, -0.1) is 0 Å². The summed E-state index contributed by atoms with van der Waals surface area (Å²) < 4.78 is 10.4. The van der Waals surface area contributed by atoms with Gasteiger partial charge in [0.2, 0.25) is 0 Å². The molecule has 0 bridgehead atoms. The van der Waals surface area contributed by atoms with Gasteiger partial charge in [-0.1, -0.05) is 30.7 Å². The fourth-order valence-corrected chi connectivity index (χ4v) is 1.62. The summed E-state index contributed by atoms with van der Waals surface area (Å²) in [5, 5.41) is 0.662. The Kier molecular flexibility index (Phi) is 6.01. The molecule has 1 aromatic carbocycles. The second-order valence-corrected chi connectivity index (χ2v) is 4.03. The highest BCUT2D eigenvalue weighted by Gasteiger charge is 2.17. The molecule has 0 spiro atoms. The van der Waals surface area contributed by atoms with Crippen LogP contribution >= 0.6 is 11.6 Å². The lowest BCUT2D eigenvalue weighted by atomic mass is 10.2. The van der Waals surface area contributed by atoms with E-state index < -0.39 is 6.10 Å². The summed E-state index contributed by atoms with van der Waals surface area (Å²) in [6.07, 6.45) is 0.0910. The van der Waals surface area contributed by atoms with E-state index in [0.717, 1.165) is 5.56 Å². The third-order valence-electron chi connectivity index (χ3n) is 2.26. The minimum Gasteiger partial charge on any atom is -0.464 e. The summed E-state index contributed by atoms with van der Waals surface area (Å²) >= 11 is 5.86. The summed E-state index contributed by atoms with van der Waals surface area (Å²) in [5.74, 6) is -0.308. The molecule has 17 heavy (non-hydrogen) atoms. The number of halogens is 1. The molecule has 0 saturated carbocycles. The molecule has 4 heteroatoms. The first-order valence-corrected chi connectivity index (χ1v) is 6.07. The van der Waals surface area contributed by atoms with Gasteiger partial charge in [0.15, 0.2) is 6.10 Å². The molecule has 0 fully saturated rings. The van der Waals surface area contributed by atoms with Gasteiger partial charge in [-0.3, -0.25) is 0 Å². The Morgan fingerprint density at radius 3 is 2.76 bits per heavy atom. The van der Waals surface area contributed by atoms with Crippen LogP contribution in [0.3, 0.4) is 0 Å². The predicted octanol–water partition coefficient (Wildman–Crippen LogP) is 3.20. The maximum atomic E-state index is 11.5. The molecule has 0 saturated heterocycles. The van der Waals surface area contributed by atoms with E-state index in [-0.39, 0.29) is 5.97 Å². The van der Waals surface area contributed by atoms with E-state index in [2.05, 4.69) is 0 Å². The Morgan fingerprint density at radius 2 is 2.18 bits per heavy atom. The Hall–Kier alpha value is -1.06. The van der Waals surface area contributed by atoms with Crippen molar-refractivity contribution in [3.8, 4) is 0 Å². The SMILES string of the molecule is CCOC(=O)C(CC)OCc1cccc(Cl)c1. The van der Waals surface area contributed by atoms with Crippen LogP contribution in [0.25, 0.3) is 0 Å². The van der Waals surface area contributed by atoms with Gasteiger partial charge in [0, 0.05) is 5.02 Å². The van der Waals surface area contributed by atoms with E-state index in [4.69, 9.17) is 21.1 Å². The van der Waals surface area contributed by atoms with Crippen LogP contribution < -0.4 is 0 Å². The minimum absolute atomic E-state index is 0.308. The molecule has 1 rings (SSSR count). The third kappa shape index (κ3) is 4.75. The van der Waals surface area contributed by atoms with Gasteiger partial charge in [0.1, 0.15) is 0 Å². The number of rotatable bonds is 6. The summed E-state index contributed by atoms with van der Waals surface area (Å²) in [4.78, 5) is 11.5. The lowest BCUT2D eigenvalue weighted by Crippen LogP contribution is -2.25. The van der Waals surface area contributed by atoms with Crippen LogP contribution in [0.4, 0.5) is 0 Å². The topological polar surface area (TPSA) is 35.5 Å². The molecular formula is C13H17ClO3. The van der Waals surface area contributed by atoms with Crippen molar-refractivity contribution in [3.05, 3.63) is 34.9 Å². The van der Waals surface area contributed by atoms with Gasteiger partial charge >= 0.3 is 5.97 Å². The minimum atomic E-state index is -0.506. The molecule has 1 aromatic rings. The van der Waals surface area contributed by atoms with Crippen LogP contribution in [0.1, 0.15) is 25.8 Å². The number of esters is 1. The highest BCUT2D eigenvalue weighted by Crippen LogP contribution is 2.13. The van der Waals surface area contributed by atoms with Crippen LogP contribution in [0.15, 0.2) is 24.3 Å². The van der Waals surface area contributed by atoms with Crippen molar-refractivity contribution in [2.75, 3.05) is 6.61 Å². The van der Waals surface area contributed by atoms with E-state index >= 15 is 0 Å². The molecule has 0 aromatic heterocycles. The van der Waals surface area contributed by atoms with Gasteiger partial charge in [-0.25, -0.2) is 4.79 Å². The van der Waals surface area contributed by atoms with Crippen LogP contribution in [0.2, 0.25) is 5.02 Å². The predicted molar refractivity (Wildman–Crippen MR) is 67.0 cm³/mol. The molecule has 1 unspecified atom stereocenters. The van der Waals surface area contributed by atoms with Crippen LogP contribution in [0, 0.1) is 0 Å². The maximum Gasteiger partial charge on any atom is 0.335 e. The van der Waals surface area contributed by atoms with Gasteiger partial charge in [0.25, 0.3) is 0 Å². The summed E-state index contributed by atoms with van der Waals surface area (Å²) in [7, 11) is 0. The number of benzene rings is 1. The number of hydrogen-bond acceptors (Lipinski definition) is 3. The number of carbonyl (C=O) groups excluding carboxylic acids is 1. The monoisotopic (exact) mass is 256 g/mol. The zero-order chi connectivity index (χ0) is 12.7. The van der Waals surface area contributed by atoms with E-state index in [0.29, 0.717) is 24.7 Å². The third-order valence-corrected chi connectivity index (χ3v) is 2.50. The fourth-order valence-electron chi connectivity index (χ4n) is 1.41. The lowest BCUT2D eigenvalue weighted by molar-refractivity contribution is -0.157. The van der Waals surface area contributed by atoms with Crippen molar-refractivity contribution in [3.63, 3.8) is 0 Å². The van der Waals surface area contributed by atoms with Gasteiger partial charge in [-0.05, 0) is 31.0 Å². The normalized spacial score (nSPS) is 12.2. The van der Waals surface area contributed by atoms with Gasteiger partial charge in [-0.2, -0.15) is 0 Å². The molecule has 0 aliphatic heterocycles. The highest BCUT2D eigenvalue weighted by atomic mass is 35.5. The highest BCUT2D eigenvalue weighted by molar-refractivity contribution is 6.30. The van der Waals surface area contributed by atoms with Crippen molar-refractivity contribution in [1.29, 1.82) is 0 Å². The van der Waals surface area contributed by atoms with E-state index in [9.17, 15) is 4.79 Å². The molecule has 0 aliphatic carbocycles. The molecule has 0 N–H and O–H groups in total. The van der Waals surface area contributed by atoms with E-state index in [1.165, 1.54) is 0 Å². The first-order chi connectivity index (χ1) is 8.17. The number of ether oxygens (including phenoxy) is 2. The number of carbonyl (C=O) groups is 1. The lowest BCUT2D eigenvalue weighted by Gasteiger charge is -2.14. The first kappa shape index (κ1) is 14.0. The molecule has 0 aliphatic rings. The van der Waals surface area contributed by atoms with Crippen molar-refractivity contribution < 1.29 is 14.3 Å². The van der Waals surface area contributed by atoms with Gasteiger partial charge < -0.3 is 9.47 Å². The van der Waals surface area contributed by atoms with E-state index in [1.807, 2.05) is 25.1 Å². The summed E-state index contributed by atoms with van der Waals surface area (Å²) in [6.45, 7) is 4.40. The zero-order valence-electron chi connectivity index (χ0n) is 10.1. The second-order valence-electron chi connectivity index (χ2n) is 3.59. The average Bonchev–Trinajstić information content (AvgIpc) is 2.30. The average molecular weight is 257 g/mol. The quantitative estimate of drug-likeness (QED) is 0.734. The van der Waals surface area contributed by atoms with Crippen molar-refractivity contribution in [2.45, 2.75) is 33.0 Å². The number of hydrogen-bond donors (Lipinski definition) is 0. The van der Waals surface area contributed by atoms with Crippen molar-refractivity contribution in [1.82, 2.24) is 0 Å². The molecule has 0 heterocycles. The van der Waals surface area contributed by atoms with Crippen molar-refractivity contribution >= 4 is 17.6 Å². The molecule has 0 radical (unpaired) electrons. The molecule has 1 atom stereocenters. The molecule has 3 nitrogen and oxygen atoms in total. The van der Waals surface area contributed by atoms with Gasteiger partial charge in [0.05, 0.1) is 13.2 Å². The smallest absolute Gasteiger partial charge is 0.335 e. The van der Waals surface area contributed by atoms with Crippen molar-refractivity contribution in [2.24, 2.45) is 0 Å². The summed E-state index contributed by atoms with van der Waals surface area (Å²) in [5.41, 5.74) is 0.945. The molecule has 94 valence electrons. The Bertz CT molecular complexity index is 365. The fraction of sp³-hybridized carbons (Fsp3) is 0.462. The zero-order valence-corrected chi connectivity index (χ0v) is 10.9. The maximum absolute atomic E-state index is 11.5.